The predicted octanol–water partition coefficient (Wildman–Crippen LogP) is 3.36. The molecule has 5 heteroatoms. The monoisotopic (exact) mass is 340 g/mol. The van der Waals surface area contributed by atoms with Gasteiger partial charge in [0.2, 0.25) is 0 Å². The van der Waals surface area contributed by atoms with Gasteiger partial charge < -0.3 is 14.6 Å². The maximum atomic E-state index is 11.1. The summed E-state index contributed by atoms with van der Waals surface area (Å²) in [6.07, 6.45) is 3.23. The largest absolute Gasteiger partial charge is 0.493 e. The van der Waals surface area contributed by atoms with Crippen LogP contribution in [0, 0.1) is 5.92 Å². The quantitative estimate of drug-likeness (QED) is 0.892. The lowest BCUT2D eigenvalue weighted by Crippen LogP contribution is -2.10. The third kappa shape index (κ3) is 2.39. The fourth-order valence-corrected chi connectivity index (χ4v) is 3.75. The summed E-state index contributed by atoms with van der Waals surface area (Å²) in [5.74, 6) is 1.30. The summed E-state index contributed by atoms with van der Waals surface area (Å²) in [6.45, 7) is 0.654. The van der Waals surface area contributed by atoms with Gasteiger partial charge in [-0.3, -0.25) is 4.79 Å². The maximum Gasteiger partial charge on any atom is 0.303 e. The fraction of sp³-hybridized carbons (Fsp3) is 0.533. The molecule has 0 bridgehead atoms. The van der Waals surface area contributed by atoms with Gasteiger partial charge in [-0.05, 0) is 36.3 Å². The van der Waals surface area contributed by atoms with Crippen molar-refractivity contribution in [1.29, 1.82) is 0 Å². The molecule has 0 amide bonds. The number of hydrogen-bond acceptors (Lipinski definition) is 3. The van der Waals surface area contributed by atoms with Gasteiger partial charge >= 0.3 is 5.97 Å². The zero-order chi connectivity index (χ0) is 14.3. The van der Waals surface area contributed by atoms with Crippen LogP contribution in [-0.4, -0.2) is 24.8 Å². The van der Waals surface area contributed by atoms with E-state index in [9.17, 15) is 4.79 Å². The molecule has 1 unspecified atom stereocenters. The van der Waals surface area contributed by atoms with Crippen LogP contribution < -0.4 is 9.47 Å². The second-order valence-electron chi connectivity index (χ2n) is 5.43. The van der Waals surface area contributed by atoms with Crippen LogP contribution in [0.1, 0.15) is 36.3 Å². The summed E-state index contributed by atoms with van der Waals surface area (Å²) < 4.78 is 12.0. The Morgan fingerprint density at radius 2 is 2.35 bits per heavy atom. The van der Waals surface area contributed by atoms with Crippen LogP contribution >= 0.6 is 15.9 Å². The van der Waals surface area contributed by atoms with Crippen LogP contribution in [0.15, 0.2) is 10.5 Å². The highest BCUT2D eigenvalue weighted by molar-refractivity contribution is 9.10. The van der Waals surface area contributed by atoms with Gasteiger partial charge in [0.05, 0.1) is 20.1 Å². The van der Waals surface area contributed by atoms with Gasteiger partial charge in [0.25, 0.3) is 0 Å². The van der Waals surface area contributed by atoms with E-state index in [-0.39, 0.29) is 12.3 Å². The fourth-order valence-electron chi connectivity index (χ4n) is 2.97. The van der Waals surface area contributed by atoms with Crippen LogP contribution in [0.2, 0.25) is 0 Å². The van der Waals surface area contributed by atoms with Crippen LogP contribution in [-0.2, 0) is 11.2 Å². The molecule has 4 nitrogen and oxygen atoms in total. The molecule has 1 atom stereocenters. The Hall–Kier alpha value is -1.23. The van der Waals surface area contributed by atoms with E-state index < -0.39 is 5.97 Å². The molecule has 108 valence electrons. The van der Waals surface area contributed by atoms with Crippen molar-refractivity contribution in [3.05, 3.63) is 21.7 Å². The number of rotatable bonds is 5. The summed E-state index contributed by atoms with van der Waals surface area (Å²) in [4.78, 5) is 11.1. The summed E-state index contributed by atoms with van der Waals surface area (Å²) in [5, 5.41) is 9.16. The smallest absolute Gasteiger partial charge is 0.303 e. The minimum Gasteiger partial charge on any atom is -0.493 e. The zero-order valence-corrected chi connectivity index (χ0v) is 12.9. The summed E-state index contributed by atoms with van der Waals surface area (Å²) in [7, 11) is 1.62. The van der Waals surface area contributed by atoms with E-state index in [4.69, 9.17) is 14.6 Å². The maximum absolute atomic E-state index is 11.1. The van der Waals surface area contributed by atoms with E-state index in [0.29, 0.717) is 18.3 Å². The molecule has 1 aromatic rings. The van der Waals surface area contributed by atoms with Crippen molar-refractivity contribution in [1.82, 2.24) is 0 Å². The van der Waals surface area contributed by atoms with Gasteiger partial charge in [-0.2, -0.15) is 0 Å². The first-order valence-corrected chi connectivity index (χ1v) is 7.65. The number of benzene rings is 1. The molecule has 0 radical (unpaired) electrons. The number of carbonyl (C=O) groups is 1. The average Bonchev–Trinajstić information content (AvgIpc) is 3.13. The number of methoxy groups -OCH3 is 1. The minimum atomic E-state index is -0.746. The topological polar surface area (TPSA) is 55.8 Å². The molecule has 1 aliphatic heterocycles. The molecular weight excluding hydrogens is 324 g/mol. The average molecular weight is 341 g/mol. The molecular formula is C15H17BrO4. The lowest BCUT2D eigenvalue weighted by Gasteiger charge is -2.19. The minimum absolute atomic E-state index is 0.0571. The van der Waals surface area contributed by atoms with Crippen LogP contribution in [0.25, 0.3) is 0 Å². The molecule has 1 fully saturated rings. The third-order valence-electron chi connectivity index (χ3n) is 4.11. The summed E-state index contributed by atoms with van der Waals surface area (Å²) in [6, 6.07) is 1.94. The standard InChI is InChI=1S/C15H17BrO4/c1-19-12-6-11(10(7-13(17)18)8-2-3-8)14(16)9-4-5-20-15(9)12/h6,8,10H,2-5,7H2,1H3,(H,17,18). The van der Waals surface area contributed by atoms with Crippen molar-refractivity contribution in [3.63, 3.8) is 0 Å². The normalized spacial score (nSPS) is 18.3. The first kappa shape index (κ1) is 13.7. The molecule has 2 aliphatic rings. The van der Waals surface area contributed by atoms with E-state index in [1.807, 2.05) is 6.07 Å². The highest BCUT2D eigenvalue weighted by Gasteiger charge is 2.36. The van der Waals surface area contributed by atoms with Crippen LogP contribution in [0.4, 0.5) is 0 Å². The first-order valence-electron chi connectivity index (χ1n) is 6.85. The second-order valence-corrected chi connectivity index (χ2v) is 6.22. The molecule has 1 saturated carbocycles. The molecule has 0 saturated heterocycles. The summed E-state index contributed by atoms with van der Waals surface area (Å²) >= 11 is 3.65. The molecule has 1 N–H and O–H groups in total. The Balaban J connectivity index is 2.05. The highest BCUT2D eigenvalue weighted by Crippen LogP contribution is 2.51. The Morgan fingerprint density at radius 3 is 2.95 bits per heavy atom. The second kappa shape index (κ2) is 5.28. The van der Waals surface area contributed by atoms with Gasteiger partial charge in [0.15, 0.2) is 11.5 Å². The predicted molar refractivity (Wildman–Crippen MR) is 77.6 cm³/mol. The van der Waals surface area contributed by atoms with Gasteiger partial charge in [0.1, 0.15) is 0 Å². The Bertz CT molecular complexity index is 551. The lowest BCUT2D eigenvalue weighted by molar-refractivity contribution is -0.137. The van der Waals surface area contributed by atoms with E-state index in [2.05, 4.69) is 15.9 Å². The molecule has 1 aromatic carbocycles. The van der Waals surface area contributed by atoms with Crippen molar-refractivity contribution < 1.29 is 19.4 Å². The van der Waals surface area contributed by atoms with E-state index in [1.54, 1.807) is 7.11 Å². The van der Waals surface area contributed by atoms with Crippen LogP contribution in [0.5, 0.6) is 11.5 Å². The third-order valence-corrected chi connectivity index (χ3v) is 5.04. The lowest BCUT2D eigenvalue weighted by atomic mass is 9.89. The molecule has 20 heavy (non-hydrogen) atoms. The summed E-state index contributed by atoms with van der Waals surface area (Å²) in [5.41, 5.74) is 2.16. The van der Waals surface area contributed by atoms with Crippen molar-refractivity contribution in [2.24, 2.45) is 5.92 Å². The zero-order valence-electron chi connectivity index (χ0n) is 11.3. The number of ether oxygens (including phenoxy) is 2. The van der Waals surface area contributed by atoms with Crippen molar-refractivity contribution in [2.45, 2.75) is 31.6 Å². The van der Waals surface area contributed by atoms with Gasteiger partial charge in [0, 0.05) is 16.5 Å². The molecule has 1 aliphatic carbocycles. The van der Waals surface area contributed by atoms with Gasteiger partial charge in [-0.1, -0.05) is 15.9 Å². The number of hydrogen-bond donors (Lipinski definition) is 1. The Kier molecular flexibility index (Phi) is 3.63. The van der Waals surface area contributed by atoms with Crippen molar-refractivity contribution >= 4 is 21.9 Å². The Labute approximate surface area is 126 Å². The number of carboxylic acid groups (broad SMARTS) is 1. The Morgan fingerprint density at radius 1 is 1.60 bits per heavy atom. The van der Waals surface area contributed by atoms with Crippen molar-refractivity contribution in [2.75, 3.05) is 13.7 Å². The molecule has 3 rings (SSSR count). The number of carboxylic acids is 1. The van der Waals surface area contributed by atoms with Gasteiger partial charge in [-0.15, -0.1) is 0 Å². The van der Waals surface area contributed by atoms with E-state index in [1.165, 1.54) is 0 Å². The van der Waals surface area contributed by atoms with E-state index >= 15 is 0 Å². The number of fused-ring (bicyclic) bond motifs is 1. The highest BCUT2D eigenvalue weighted by atomic mass is 79.9. The number of halogens is 1. The number of aliphatic carboxylic acids is 1. The van der Waals surface area contributed by atoms with Gasteiger partial charge in [-0.25, -0.2) is 0 Å². The van der Waals surface area contributed by atoms with Crippen LogP contribution in [0.3, 0.4) is 0 Å². The molecule has 0 spiro atoms. The van der Waals surface area contributed by atoms with E-state index in [0.717, 1.165) is 40.6 Å². The SMILES string of the molecule is COc1cc(C(CC(=O)O)C2CC2)c(Br)c2c1OCC2. The molecule has 0 aromatic heterocycles. The van der Waals surface area contributed by atoms with Crippen molar-refractivity contribution in [3.8, 4) is 11.5 Å². The molecule has 1 heterocycles. The first-order chi connectivity index (χ1) is 9.61.